The van der Waals surface area contributed by atoms with Crippen LogP contribution in [0, 0.1) is 0 Å². The van der Waals surface area contributed by atoms with E-state index in [9.17, 15) is 9.59 Å². The lowest BCUT2D eigenvalue weighted by Gasteiger charge is -2.16. The van der Waals surface area contributed by atoms with Crippen molar-refractivity contribution >= 4 is 23.3 Å². The summed E-state index contributed by atoms with van der Waals surface area (Å²) in [7, 11) is 0. The van der Waals surface area contributed by atoms with E-state index in [0.29, 0.717) is 30.8 Å². The van der Waals surface area contributed by atoms with E-state index in [2.05, 4.69) is 20.7 Å². The van der Waals surface area contributed by atoms with Gasteiger partial charge in [-0.15, -0.1) is 0 Å². The van der Waals surface area contributed by atoms with Gasteiger partial charge < -0.3 is 10.6 Å². The largest absolute Gasteiger partial charge is 0.322 e. The molecule has 0 unspecified atom stereocenters. The monoisotopic (exact) mass is 347 g/mol. The first-order valence-electron chi connectivity index (χ1n) is 8.34. The number of carbonyl (C=O) groups excluding carboxylic acids is 2. The zero-order chi connectivity index (χ0) is 17.9. The van der Waals surface area contributed by atoms with E-state index < -0.39 is 0 Å². The molecule has 130 valence electrons. The fourth-order valence-electron chi connectivity index (χ4n) is 2.92. The summed E-state index contributed by atoms with van der Waals surface area (Å²) in [6.07, 6.45) is 6.08. The van der Waals surface area contributed by atoms with Crippen molar-refractivity contribution in [3.63, 3.8) is 0 Å². The van der Waals surface area contributed by atoms with E-state index in [1.54, 1.807) is 16.9 Å². The third-order valence-corrected chi connectivity index (χ3v) is 4.27. The third-order valence-electron chi connectivity index (χ3n) is 4.27. The smallest absolute Gasteiger partial charge is 0.257 e. The Balaban J connectivity index is 1.54. The van der Waals surface area contributed by atoms with Crippen LogP contribution < -0.4 is 10.6 Å². The molecule has 3 heterocycles. The number of hydrogen-bond acceptors (Lipinski definition) is 4. The van der Waals surface area contributed by atoms with E-state index in [1.165, 1.54) is 6.20 Å². The molecule has 1 aromatic carbocycles. The molecule has 3 aromatic rings. The average Bonchev–Trinajstić information content (AvgIpc) is 3.16. The Kier molecular flexibility index (Phi) is 4.18. The normalized spacial score (nSPS) is 13.0. The molecule has 26 heavy (non-hydrogen) atoms. The van der Waals surface area contributed by atoms with Gasteiger partial charge in [0, 0.05) is 30.7 Å². The van der Waals surface area contributed by atoms with E-state index >= 15 is 0 Å². The molecule has 0 fully saturated rings. The van der Waals surface area contributed by atoms with Crippen molar-refractivity contribution < 1.29 is 9.59 Å². The SMILES string of the molecule is O=C1CCc2cc(C(=O)Nc3ccccc3Cn3cccn3)cnc2N1. The van der Waals surface area contributed by atoms with Gasteiger partial charge in [-0.05, 0) is 35.7 Å². The Morgan fingerprint density at radius 2 is 2.12 bits per heavy atom. The summed E-state index contributed by atoms with van der Waals surface area (Å²) in [5.41, 5.74) is 3.04. The van der Waals surface area contributed by atoms with Gasteiger partial charge in [-0.25, -0.2) is 4.98 Å². The average molecular weight is 347 g/mol. The highest BCUT2D eigenvalue weighted by molar-refractivity contribution is 6.05. The standard InChI is InChI=1S/C19H17N5O2/c25-17-7-6-13-10-15(11-20-18(13)23-17)19(26)22-16-5-2-1-4-14(16)12-24-9-3-8-21-24/h1-5,8-11H,6-7,12H2,(H,22,26)(H,20,23,25). The van der Waals surface area contributed by atoms with Crippen molar-refractivity contribution in [1.82, 2.24) is 14.8 Å². The van der Waals surface area contributed by atoms with Crippen LogP contribution in [0.3, 0.4) is 0 Å². The fraction of sp³-hybridized carbons (Fsp3) is 0.158. The predicted octanol–water partition coefficient (Wildman–Crippen LogP) is 2.46. The second kappa shape index (κ2) is 6.79. The maximum absolute atomic E-state index is 12.7. The molecular formula is C19H17N5O2. The lowest BCUT2D eigenvalue weighted by atomic mass is 10.0. The van der Waals surface area contributed by atoms with Crippen LogP contribution in [0.4, 0.5) is 11.5 Å². The summed E-state index contributed by atoms with van der Waals surface area (Å²) in [6, 6.07) is 11.3. The lowest BCUT2D eigenvalue weighted by Crippen LogP contribution is -2.21. The zero-order valence-corrected chi connectivity index (χ0v) is 14.0. The first-order valence-corrected chi connectivity index (χ1v) is 8.34. The van der Waals surface area contributed by atoms with Crippen LogP contribution in [-0.2, 0) is 17.8 Å². The van der Waals surface area contributed by atoms with Gasteiger partial charge in [0.1, 0.15) is 5.82 Å². The first-order chi connectivity index (χ1) is 12.7. The summed E-state index contributed by atoms with van der Waals surface area (Å²) in [5, 5.41) is 9.87. The summed E-state index contributed by atoms with van der Waals surface area (Å²) < 4.78 is 1.80. The Morgan fingerprint density at radius 1 is 1.23 bits per heavy atom. The molecule has 0 aliphatic carbocycles. The maximum Gasteiger partial charge on any atom is 0.257 e. The molecule has 7 nitrogen and oxygen atoms in total. The number of hydrogen-bond donors (Lipinski definition) is 2. The minimum absolute atomic E-state index is 0.0465. The maximum atomic E-state index is 12.7. The molecule has 1 aliphatic rings. The van der Waals surface area contributed by atoms with E-state index in [4.69, 9.17) is 0 Å². The van der Waals surface area contributed by atoms with Gasteiger partial charge in [-0.1, -0.05) is 18.2 Å². The summed E-state index contributed by atoms with van der Waals surface area (Å²) >= 11 is 0. The topological polar surface area (TPSA) is 88.9 Å². The van der Waals surface area contributed by atoms with Crippen molar-refractivity contribution in [1.29, 1.82) is 0 Å². The van der Waals surface area contributed by atoms with Crippen LogP contribution in [0.25, 0.3) is 0 Å². The van der Waals surface area contributed by atoms with Gasteiger partial charge in [0.05, 0.1) is 12.1 Å². The Labute approximate surface area is 150 Å². The van der Waals surface area contributed by atoms with Crippen LogP contribution >= 0.6 is 0 Å². The number of anilines is 2. The Morgan fingerprint density at radius 3 is 2.96 bits per heavy atom. The molecule has 2 N–H and O–H groups in total. The van der Waals surface area contributed by atoms with Gasteiger partial charge in [0.25, 0.3) is 5.91 Å². The Hall–Kier alpha value is -3.48. The quantitative estimate of drug-likeness (QED) is 0.759. The molecule has 0 saturated heterocycles. The third kappa shape index (κ3) is 3.32. The highest BCUT2D eigenvalue weighted by Gasteiger charge is 2.18. The summed E-state index contributed by atoms with van der Waals surface area (Å²) in [6.45, 7) is 0.567. The van der Waals surface area contributed by atoms with Crippen LogP contribution in [0.5, 0.6) is 0 Å². The molecule has 0 bridgehead atoms. The van der Waals surface area contributed by atoms with Crippen molar-refractivity contribution in [2.45, 2.75) is 19.4 Å². The molecule has 1 aliphatic heterocycles. The number of nitrogens with one attached hydrogen (secondary N) is 2. The second-order valence-corrected chi connectivity index (χ2v) is 6.09. The van der Waals surface area contributed by atoms with Crippen molar-refractivity contribution in [3.8, 4) is 0 Å². The number of aryl methyl sites for hydroxylation is 1. The number of benzene rings is 1. The van der Waals surface area contributed by atoms with Gasteiger partial charge in [0.2, 0.25) is 5.91 Å². The summed E-state index contributed by atoms with van der Waals surface area (Å²) in [5.74, 6) is 0.261. The highest BCUT2D eigenvalue weighted by Crippen LogP contribution is 2.22. The van der Waals surface area contributed by atoms with Gasteiger partial charge >= 0.3 is 0 Å². The number of nitrogens with zero attached hydrogens (tertiary/aromatic N) is 3. The number of fused-ring (bicyclic) bond motifs is 1. The summed E-state index contributed by atoms with van der Waals surface area (Å²) in [4.78, 5) is 28.3. The van der Waals surface area contributed by atoms with Crippen LogP contribution in [0.2, 0.25) is 0 Å². The van der Waals surface area contributed by atoms with Gasteiger partial charge in [-0.2, -0.15) is 5.10 Å². The van der Waals surface area contributed by atoms with E-state index in [-0.39, 0.29) is 11.8 Å². The number of rotatable bonds is 4. The molecule has 0 saturated carbocycles. The first kappa shape index (κ1) is 16.0. The molecule has 0 radical (unpaired) electrons. The minimum Gasteiger partial charge on any atom is -0.322 e. The molecule has 0 spiro atoms. The number of para-hydroxylation sites is 1. The number of amides is 2. The zero-order valence-electron chi connectivity index (χ0n) is 14.0. The molecular weight excluding hydrogens is 330 g/mol. The van der Waals surface area contributed by atoms with Crippen molar-refractivity contribution in [3.05, 3.63) is 71.7 Å². The molecule has 7 heteroatoms. The number of pyridine rings is 1. The van der Waals surface area contributed by atoms with Crippen LogP contribution in [-0.4, -0.2) is 26.6 Å². The number of aromatic nitrogens is 3. The van der Waals surface area contributed by atoms with E-state index in [1.807, 2.05) is 36.5 Å². The van der Waals surface area contributed by atoms with E-state index in [0.717, 1.165) is 16.8 Å². The highest BCUT2D eigenvalue weighted by atomic mass is 16.2. The van der Waals surface area contributed by atoms with Gasteiger partial charge in [0.15, 0.2) is 0 Å². The lowest BCUT2D eigenvalue weighted by molar-refractivity contribution is -0.116. The minimum atomic E-state index is -0.231. The predicted molar refractivity (Wildman–Crippen MR) is 96.9 cm³/mol. The molecule has 2 aromatic heterocycles. The Bertz CT molecular complexity index is 966. The number of carbonyl (C=O) groups is 2. The van der Waals surface area contributed by atoms with Crippen molar-refractivity contribution in [2.75, 3.05) is 10.6 Å². The van der Waals surface area contributed by atoms with Crippen LogP contribution in [0.15, 0.2) is 55.0 Å². The molecule has 4 rings (SSSR count). The second-order valence-electron chi connectivity index (χ2n) is 6.09. The van der Waals surface area contributed by atoms with Gasteiger partial charge in [-0.3, -0.25) is 14.3 Å². The fourth-order valence-corrected chi connectivity index (χ4v) is 2.92. The molecule has 2 amide bonds. The van der Waals surface area contributed by atoms with Crippen molar-refractivity contribution in [2.24, 2.45) is 0 Å². The van der Waals surface area contributed by atoms with Crippen LogP contribution in [0.1, 0.15) is 27.9 Å². The molecule has 0 atom stereocenters.